The summed E-state index contributed by atoms with van der Waals surface area (Å²) >= 11 is 0. The first-order valence-corrected chi connectivity index (χ1v) is 7.37. The Bertz CT molecular complexity index is 888. The quantitative estimate of drug-likeness (QED) is 0.797. The Morgan fingerprint density at radius 2 is 2.04 bits per heavy atom. The van der Waals surface area contributed by atoms with Gasteiger partial charge in [0.1, 0.15) is 5.75 Å². The monoisotopic (exact) mass is 323 g/mol. The van der Waals surface area contributed by atoms with E-state index in [0.717, 1.165) is 11.1 Å². The molecule has 0 aliphatic rings. The van der Waals surface area contributed by atoms with Crippen molar-refractivity contribution in [2.45, 2.75) is 6.92 Å². The second kappa shape index (κ2) is 6.49. The predicted molar refractivity (Wildman–Crippen MR) is 89.9 cm³/mol. The minimum absolute atomic E-state index is 0.207. The molecular formula is C17H17N5O2. The fraction of sp³-hybridized carbons (Fsp3) is 0.176. The highest BCUT2D eigenvalue weighted by atomic mass is 16.5. The first-order valence-electron chi connectivity index (χ1n) is 7.37. The number of anilines is 1. The topological polar surface area (TPSA) is 81.9 Å². The normalized spacial score (nSPS) is 10.5. The van der Waals surface area contributed by atoms with Crippen LogP contribution in [0.2, 0.25) is 0 Å². The summed E-state index contributed by atoms with van der Waals surface area (Å²) in [5, 5.41) is 14.3. The second-order valence-corrected chi connectivity index (χ2v) is 5.35. The highest BCUT2D eigenvalue weighted by Crippen LogP contribution is 2.22. The molecule has 2 aromatic carbocycles. The van der Waals surface area contributed by atoms with Gasteiger partial charge in [0.05, 0.1) is 7.11 Å². The summed E-state index contributed by atoms with van der Waals surface area (Å²) in [5.41, 5.74) is 3.00. The molecule has 3 aromatic rings. The molecule has 7 nitrogen and oxygen atoms in total. The van der Waals surface area contributed by atoms with Crippen LogP contribution < -0.4 is 10.1 Å². The van der Waals surface area contributed by atoms with E-state index in [0.29, 0.717) is 22.8 Å². The van der Waals surface area contributed by atoms with Gasteiger partial charge in [-0.2, -0.15) is 0 Å². The molecule has 0 aliphatic carbocycles. The van der Waals surface area contributed by atoms with E-state index in [9.17, 15) is 4.79 Å². The number of nitrogens with zero attached hydrogens (tertiary/aromatic N) is 4. The summed E-state index contributed by atoms with van der Waals surface area (Å²) in [6.07, 6.45) is 0. The highest BCUT2D eigenvalue weighted by Gasteiger charge is 2.11. The van der Waals surface area contributed by atoms with E-state index in [1.54, 1.807) is 31.0 Å². The molecule has 122 valence electrons. The third-order valence-electron chi connectivity index (χ3n) is 3.67. The number of tetrazole rings is 1. The number of hydrogen-bond donors (Lipinski definition) is 1. The van der Waals surface area contributed by atoms with Crippen molar-refractivity contribution in [3.8, 4) is 17.1 Å². The van der Waals surface area contributed by atoms with Crippen molar-refractivity contribution in [2.24, 2.45) is 7.05 Å². The number of carbonyl (C=O) groups excluding carboxylic acids is 1. The van der Waals surface area contributed by atoms with Gasteiger partial charge in [-0.1, -0.05) is 18.2 Å². The Balaban J connectivity index is 1.84. The van der Waals surface area contributed by atoms with Crippen molar-refractivity contribution >= 4 is 11.6 Å². The van der Waals surface area contributed by atoms with Crippen molar-refractivity contribution in [3.05, 3.63) is 53.6 Å². The van der Waals surface area contributed by atoms with E-state index in [2.05, 4.69) is 20.8 Å². The highest BCUT2D eigenvalue weighted by molar-refractivity contribution is 6.04. The largest absolute Gasteiger partial charge is 0.496 e. The maximum Gasteiger partial charge on any atom is 0.255 e. The van der Waals surface area contributed by atoms with Gasteiger partial charge < -0.3 is 10.1 Å². The standard InChI is InChI=1S/C17H17N5O2/c1-11-7-8-13(10-15(11)24-3)17(23)18-14-6-4-5-12(9-14)16-19-20-21-22(16)2/h4-10H,1-3H3,(H,18,23). The lowest BCUT2D eigenvalue weighted by atomic mass is 10.1. The molecule has 0 saturated heterocycles. The number of nitrogens with one attached hydrogen (secondary N) is 1. The Kier molecular flexibility index (Phi) is 4.24. The number of amides is 1. The smallest absolute Gasteiger partial charge is 0.255 e. The predicted octanol–water partition coefficient (Wildman–Crippen LogP) is 2.45. The summed E-state index contributed by atoms with van der Waals surface area (Å²) in [6, 6.07) is 12.7. The van der Waals surface area contributed by atoms with E-state index in [4.69, 9.17) is 4.74 Å². The van der Waals surface area contributed by atoms with Gasteiger partial charge in [-0.25, -0.2) is 4.68 Å². The summed E-state index contributed by atoms with van der Waals surface area (Å²) in [5.74, 6) is 1.10. The van der Waals surface area contributed by atoms with Crippen LogP contribution in [0.3, 0.4) is 0 Å². The maximum absolute atomic E-state index is 12.4. The molecule has 3 rings (SSSR count). The van der Waals surface area contributed by atoms with Gasteiger partial charge in [0.2, 0.25) is 0 Å². The summed E-state index contributed by atoms with van der Waals surface area (Å²) in [4.78, 5) is 12.4. The van der Waals surface area contributed by atoms with Gasteiger partial charge in [-0.3, -0.25) is 4.79 Å². The van der Waals surface area contributed by atoms with Crippen LogP contribution in [0, 0.1) is 6.92 Å². The zero-order chi connectivity index (χ0) is 17.1. The molecule has 1 amide bonds. The molecule has 0 fully saturated rings. The van der Waals surface area contributed by atoms with Gasteiger partial charge in [-0.05, 0) is 47.2 Å². The second-order valence-electron chi connectivity index (χ2n) is 5.35. The van der Waals surface area contributed by atoms with E-state index < -0.39 is 0 Å². The van der Waals surface area contributed by atoms with Gasteiger partial charge in [0.15, 0.2) is 5.82 Å². The van der Waals surface area contributed by atoms with Crippen molar-refractivity contribution in [3.63, 3.8) is 0 Å². The first-order chi connectivity index (χ1) is 11.6. The van der Waals surface area contributed by atoms with Crippen LogP contribution in [-0.2, 0) is 7.05 Å². The van der Waals surface area contributed by atoms with Crippen molar-refractivity contribution in [2.75, 3.05) is 12.4 Å². The van der Waals surface area contributed by atoms with Gasteiger partial charge in [-0.15, -0.1) is 5.10 Å². The fourth-order valence-corrected chi connectivity index (χ4v) is 2.37. The zero-order valence-corrected chi connectivity index (χ0v) is 13.6. The molecule has 1 aromatic heterocycles. The first kappa shape index (κ1) is 15.7. The molecule has 7 heteroatoms. The summed E-state index contributed by atoms with van der Waals surface area (Å²) < 4.78 is 6.84. The molecule has 0 unspecified atom stereocenters. The Labute approximate surface area is 139 Å². The molecular weight excluding hydrogens is 306 g/mol. The van der Waals surface area contributed by atoms with Crippen LogP contribution in [0.4, 0.5) is 5.69 Å². The van der Waals surface area contributed by atoms with Gasteiger partial charge in [0, 0.05) is 23.9 Å². The van der Waals surface area contributed by atoms with E-state index in [-0.39, 0.29) is 5.91 Å². The zero-order valence-electron chi connectivity index (χ0n) is 13.6. The van der Waals surface area contributed by atoms with E-state index >= 15 is 0 Å². The minimum atomic E-state index is -0.207. The number of aryl methyl sites for hydroxylation is 2. The lowest BCUT2D eigenvalue weighted by Gasteiger charge is -2.09. The number of carbonyl (C=O) groups is 1. The van der Waals surface area contributed by atoms with Crippen molar-refractivity contribution in [1.82, 2.24) is 20.2 Å². The number of methoxy groups -OCH3 is 1. The van der Waals surface area contributed by atoms with Crippen molar-refractivity contribution < 1.29 is 9.53 Å². The minimum Gasteiger partial charge on any atom is -0.496 e. The van der Waals surface area contributed by atoms with Crippen LogP contribution in [0.5, 0.6) is 5.75 Å². The molecule has 24 heavy (non-hydrogen) atoms. The molecule has 1 heterocycles. The average Bonchev–Trinajstić information content (AvgIpc) is 3.01. The molecule has 0 spiro atoms. The Morgan fingerprint density at radius 1 is 1.21 bits per heavy atom. The molecule has 0 atom stereocenters. The SMILES string of the molecule is COc1cc(C(=O)Nc2cccc(-c3nnnn3C)c2)ccc1C. The third-order valence-corrected chi connectivity index (χ3v) is 3.67. The van der Waals surface area contributed by atoms with Gasteiger partial charge in [0.25, 0.3) is 5.91 Å². The average molecular weight is 323 g/mol. The molecule has 0 aliphatic heterocycles. The molecule has 1 N–H and O–H groups in total. The van der Waals surface area contributed by atoms with Crippen LogP contribution in [0.1, 0.15) is 15.9 Å². The number of benzene rings is 2. The van der Waals surface area contributed by atoms with E-state index in [1.807, 2.05) is 37.3 Å². The fourth-order valence-electron chi connectivity index (χ4n) is 2.37. The lowest BCUT2D eigenvalue weighted by Crippen LogP contribution is -2.12. The number of ether oxygens (including phenoxy) is 1. The summed E-state index contributed by atoms with van der Waals surface area (Å²) in [6.45, 7) is 1.93. The summed E-state index contributed by atoms with van der Waals surface area (Å²) in [7, 11) is 3.35. The van der Waals surface area contributed by atoms with E-state index in [1.165, 1.54) is 0 Å². The lowest BCUT2D eigenvalue weighted by molar-refractivity contribution is 0.102. The van der Waals surface area contributed by atoms with Crippen LogP contribution in [0.25, 0.3) is 11.4 Å². The number of hydrogen-bond acceptors (Lipinski definition) is 5. The van der Waals surface area contributed by atoms with Gasteiger partial charge >= 0.3 is 0 Å². The third kappa shape index (κ3) is 3.10. The van der Waals surface area contributed by atoms with Crippen molar-refractivity contribution in [1.29, 1.82) is 0 Å². The van der Waals surface area contributed by atoms with Crippen LogP contribution in [0.15, 0.2) is 42.5 Å². The molecule has 0 saturated carbocycles. The van der Waals surface area contributed by atoms with Crippen LogP contribution in [-0.4, -0.2) is 33.2 Å². The molecule has 0 radical (unpaired) electrons. The van der Waals surface area contributed by atoms with Crippen LogP contribution >= 0.6 is 0 Å². The number of aromatic nitrogens is 4. The number of rotatable bonds is 4. The maximum atomic E-state index is 12.4. The Hall–Kier alpha value is -3.22. The molecule has 0 bridgehead atoms. The Morgan fingerprint density at radius 3 is 2.75 bits per heavy atom.